The minimum absolute atomic E-state index is 0.0315. The largest absolute Gasteiger partial charge is 0.483 e. The van der Waals surface area contributed by atoms with Gasteiger partial charge in [-0.25, -0.2) is 9.37 Å². The Labute approximate surface area is 184 Å². The van der Waals surface area contributed by atoms with Crippen LogP contribution in [0.3, 0.4) is 0 Å². The number of H-pyrrole nitrogens is 1. The molecule has 0 aliphatic carbocycles. The molecule has 3 heterocycles. The molecule has 1 aliphatic heterocycles. The molecule has 1 aromatic carbocycles. The van der Waals surface area contributed by atoms with E-state index in [9.17, 15) is 9.18 Å². The first-order chi connectivity index (χ1) is 15.0. The van der Waals surface area contributed by atoms with Crippen LogP contribution in [0.1, 0.15) is 37.4 Å². The number of nitrogens with zero attached hydrogens (tertiary/aromatic N) is 2. The van der Waals surface area contributed by atoms with E-state index in [1.54, 1.807) is 19.2 Å². The highest BCUT2D eigenvalue weighted by Gasteiger charge is 2.17. The maximum atomic E-state index is 13.4. The Kier molecular flexibility index (Phi) is 6.80. The topological polar surface area (TPSA) is 91.9 Å². The maximum Gasteiger partial charge on any atom is 0.258 e. The first-order valence-electron chi connectivity index (χ1n) is 10.4. The van der Waals surface area contributed by atoms with Crippen molar-refractivity contribution in [2.24, 2.45) is 5.92 Å². The van der Waals surface area contributed by atoms with Gasteiger partial charge in [-0.3, -0.25) is 9.78 Å². The van der Waals surface area contributed by atoms with E-state index in [0.717, 1.165) is 38.2 Å². The lowest BCUT2D eigenvalue weighted by Crippen LogP contribution is -2.33. The van der Waals surface area contributed by atoms with E-state index in [1.807, 2.05) is 0 Å². The van der Waals surface area contributed by atoms with Crippen molar-refractivity contribution >= 4 is 22.5 Å². The molecule has 31 heavy (non-hydrogen) atoms. The summed E-state index contributed by atoms with van der Waals surface area (Å²) in [4.78, 5) is 24.5. The molecule has 1 fully saturated rings. The lowest BCUT2D eigenvalue weighted by Gasteiger charge is -2.22. The highest BCUT2D eigenvalue weighted by molar-refractivity contribution is 6.30. The van der Waals surface area contributed by atoms with E-state index in [2.05, 4.69) is 25.6 Å². The SMILES string of the molecule is C[C@H](Oc1ccc(F)c(Cl)c1)c1nc2c(CNCC3CCNCC3)nccc2c(=O)[nH]1. The maximum absolute atomic E-state index is 13.4. The van der Waals surface area contributed by atoms with Crippen molar-refractivity contribution in [3.8, 4) is 5.75 Å². The molecule has 0 bridgehead atoms. The van der Waals surface area contributed by atoms with Crippen molar-refractivity contribution < 1.29 is 9.13 Å². The van der Waals surface area contributed by atoms with Gasteiger partial charge in [0.15, 0.2) is 11.9 Å². The lowest BCUT2D eigenvalue weighted by atomic mass is 9.98. The molecule has 164 valence electrons. The van der Waals surface area contributed by atoms with Crippen LogP contribution in [0.2, 0.25) is 5.02 Å². The molecule has 0 unspecified atom stereocenters. The molecular weight excluding hydrogens is 421 g/mol. The minimum Gasteiger partial charge on any atom is -0.483 e. The van der Waals surface area contributed by atoms with Crippen molar-refractivity contribution in [2.45, 2.75) is 32.4 Å². The summed E-state index contributed by atoms with van der Waals surface area (Å²) in [5.74, 6) is 0.868. The Morgan fingerprint density at radius 3 is 2.90 bits per heavy atom. The molecule has 0 spiro atoms. The first-order valence-corrected chi connectivity index (χ1v) is 10.8. The molecule has 3 N–H and O–H groups in total. The number of aromatic nitrogens is 3. The van der Waals surface area contributed by atoms with Crippen molar-refractivity contribution in [1.29, 1.82) is 0 Å². The zero-order chi connectivity index (χ0) is 21.8. The van der Waals surface area contributed by atoms with Gasteiger partial charge in [-0.1, -0.05) is 11.6 Å². The summed E-state index contributed by atoms with van der Waals surface area (Å²) < 4.78 is 19.2. The first kappa shape index (κ1) is 21.7. The van der Waals surface area contributed by atoms with Crippen molar-refractivity contribution in [3.63, 3.8) is 0 Å². The van der Waals surface area contributed by atoms with Crippen LogP contribution in [-0.4, -0.2) is 34.6 Å². The molecule has 7 nitrogen and oxygen atoms in total. The Morgan fingerprint density at radius 2 is 2.13 bits per heavy atom. The van der Waals surface area contributed by atoms with Gasteiger partial charge in [-0.2, -0.15) is 0 Å². The number of aromatic amines is 1. The molecule has 1 saturated heterocycles. The van der Waals surface area contributed by atoms with Crippen molar-refractivity contribution in [3.05, 3.63) is 63.2 Å². The average molecular weight is 446 g/mol. The number of halogens is 2. The second kappa shape index (κ2) is 9.72. The number of piperidine rings is 1. The van der Waals surface area contributed by atoms with Gasteiger partial charge in [0, 0.05) is 18.8 Å². The van der Waals surface area contributed by atoms with Crippen LogP contribution in [-0.2, 0) is 6.54 Å². The summed E-state index contributed by atoms with van der Waals surface area (Å²) in [7, 11) is 0. The number of nitrogens with one attached hydrogen (secondary N) is 3. The van der Waals surface area contributed by atoms with Crippen LogP contribution in [0.15, 0.2) is 35.3 Å². The van der Waals surface area contributed by atoms with Gasteiger partial charge in [0.25, 0.3) is 5.56 Å². The summed E-state index contributed by atoms with van der Waals surface area (Å²) in [6.07, 6.45) is 3.36. The van der Waals surface area contributed by atoms with E-state index < -0.39 is 11.9 Å². The van der Waals surface area contributed by atoms with Gasteiger partial charge in [0.2, 0.25) is 0 Å². The van der Waals surface area contributed by atoms with Crippen LogP contribution in [0.25, 0.3) is 10.9 Å². The number of benzene rings is 1. The smallest absolute Gasteiger partial charge is 0.258 e. The highest BCUT2D eigenvalue weighted by atomic mass is 35.5. The zero-order valence-corrected chi connectivity index (χ0v) is 18.0. The standard InChI is InChI=1S/C22H25ClFN5O2/c1-13(31-15-2-3-18(24)17(23)10-15)21-28-20-16(22(30)29-21)6-9-27-19(20)12-26-11-14-4-7-25-8-5-14/h2-3,6,9-10,13-14,25-26H,4-5,7-8,11-12H2,1H3,(H,28,29,30)/t13-/m0/s1. The molecular formula is C22H25ClFN5O2. The second-order valence-corrected chi connectivity index (χ2v) is 8.17. The van der Waals surface area contributed by atoms with E-state index in [0.29, 0.717) is 34.9 Å². The van der Waals surface area contributed by atoms with Gasteiger partial charge in [0.1, 0.15) is 17.1 Å². The molecule has 0 amide bonds. The molecule has 4 rings (SSSR count). The monoisotopic (exact) mass is 445 g/mol. The minimum atomic E-state index is -0.575. The fourth-order valence-corrected chi connectivity index (χ4v) is 3.92. The van der Waals surface area contributed by atoms with Gasteiger partial charge >= 0.3 is 0 Å². The molecule has 2 aromatic heterocycles. The van der Waals surface area contributed by atoms with Crippen LogP contribution in [0, 0.1) is 11.7 Å². The molecule has 1 atom stereocenters. The molecule has 9 heteroatoms. The van der Waals surface area contributed by atoms with Gasteiger partial charge < -0.3 is 20.4 Å². The number of rotatable bonds is 7. The fraction of sp³-hybridized carbons (Fsp3) is 0.409. The van der Waals surface area contributed by atoms with Crippen molar-refractivity contribution in [1.82, 2.24) is 25.6 Å². The molecule has 1 aliphatic rings. The van der Waals surface area contributed by atoms with Crippen LogP contribution < -0.4 is 20.9 Å². The summed E-state index contributed by atoms with van der Waals surface area (Å²) in [5.41, 5.74) is 1.01. The van der Waals surface area contributed by atoms with Gasteiger partial charge in [-0.15, -0.1) is 0 Å². The Balaban J connectivity index is 1.53. The predicted octanol–water partition coefficient (Wildman–Crippen LogP) is 3.34. The van der Waals surface area contributed by atoms with Crippen molar-refractivity contribution in [2.75, 3.05) is 19.6 Å². The summed E-state index contributed by atoms with van der Waals surface area (Å²) >= 11 is 5.82. The number of pyridine rings is 1. The third kappa shape index (κ3) is 5.20. The van der Waals surface area contributed by atoms with Crippen LogP contribution >= 0.6 is 11.6 Å². The summed E-state index contributed by atoms with van der Waals surface area (Å²) in [6, 6.07) is 5.77. The fourth-order valence-electron chi connectivity index (χ4n) is 3.75. The molecule has 0 saturated carbocycles. The van der Waals surface area contributed by atoms with Gasteiger partial charge in [0.05, 0.1) is 16.1 Å². The number of hydrogen-bond donors (Lipinski definition) is 3. The third-order valence-corrected chi connectivity index (χ3v) is 5.78. The Morgan fingerprint density at radius 1 is 1.32 bits per heavy atom. The van der Waals surface area contributed by atoms with Crippen LogP contribution in [0.5, 0.6) is 5.75 Å². The van der Waals surface area contributed by atoms with E-state index in [-0.39, 0.29) is 10.6 Å². The van der Waals surface area contributed by atoms with E-state index >= 15 is 0 Å². The number of ether oxygens (including phenoxy) is 1. The third-order valence-electron chi connectivity index (χ3n) is 5.49. The van der Waals surface area contributed by atoms with Crippen LogP contribution in [0.4, 0.5) is 4.39 Å². The van der Waals surface area contributed by atoms with Gasteiger partial charge in [-0.05, 0) is 63.5 Å². The second-order valence-electron chi connectivity index (χ2n) is 7.77. The summed E-state index contributed by atoms with van der Waals surface area (Å²) in [6.45, 7) is 5.29. The highest BCUT2D eigenvalue weighted by Crippen LogP contribution is 2.25. The zero-order valence-electron chi connectivity index (χ0n) is 17.3. The Bertz CT molecular complexity index is 1120. The van der Waals surface area contributed by atoms with E-state index in [4.69, 9.17) is 16.3 Å². The lowest BCUT2D eigenvalue weighted by molar-refractivity contribution is 0.216. The summed E-state index contributed by atoms with van der Waals surface area (Å²) in [5, 5.41) is 7.28. The number of fused-ring (bicyclic) bond motifs is 1. The number of hydrogen-bond acceptors (Lipinski definition) is 6. The molecule has 0 radical (unpaired) electrons. The predicted molar refractivity (Wildman–Crippen MR) is 118 cm³/mol. The normalized spacial score (nSPS) is 15.8. The molecule has 3 aromatic rings. The van der Waals surface area contributed by atoms with E-state index in [1.165, 1.54) is 18.2 Å². The quantitative estimate of drug-likeness (QED) is 0.516. The average Bonchev–Trinajstić information content (AvgIpc) is 2.77. The Hall–Kier alpha value is -2.55.